The maximum absolute atomic E-state index is 10.5. The molecule has 4 heteroatoms. The first-order chi connectivity index (χ1) is 3.71. The SMILES string of the molecule is O=S1(=O)[C]CNCC1. The lowest BCUT2D eigenvalue weighted by molar-refractivity contribution is 0.587. The van der Waals surface area contributed by atoms with E-state index in [1.165, 1.54) is 0 Å². The molecule has 0 aromatic heterocycles. The summed E-state index contributed by atoms with van der Waals surface area (Å²) in [5.41, 5.74) is 0. The van der Waals surface area contributed by atoms with Gasteiger partial charge >= 0.3 is 0 Å². The third-order valence-electron chi connectivity index (χ3n) is 0.965. The van der Waals surface area contributed by atoms with Gasteiger partial charge in [-0.15, -0.1) is 0 Å². The molecule has 0 bridgehead atoms. The van der Waals surface area contributed by atoms with Crippen molar-refractivity contribution in [3.8, 4) is 0 Å². The van der Waals surface area contributed by atoms with Crippen LogP contribution in [0.2, 0.25) is 0 Å². The van der Waals surface area contributed by atoms with Crippen LogP contribution in [0.5, 0.6) is 0 Å². The molecular weight excluding hydrogens is 126 g/mol. The van der Waals surface area contributed by atoms with Crippen molar-refractivity contribution in [3.63, 3.8) is 0 Å². The van der Waals surface area contributed by atoms with E-state index < -0.39 is 9.84 Å². The quantitative estimate of drug-likeness (QED) is 0.463. The Morgan fingerprint density at radius 3 is 2.50 bits per heavy atom. The number of sulfone groups is 1. The molecule has 3 nitrogen and oxygen atoms in total. The first-order valence-corrected chi connectivity index (χ1v) is 4.04. The van der Waals surface area contributed by atoms with E-state index in [9.17, 15) is 8.42 Å². The van der Waals surface area contributed by atoms with E-state index in [0.29, 0.717) is 13.1 Å². The third kappa shape index (κ3) is 1.45. The highest BCUT2D eigenvalue weighted by molar-refractivity contribution is 7.93. The van der Waals surface area contributed by atoms with Crippen LogP contribution in [0.15, 0.2) is 0 Å². The van der Waals surface area contributed by atoms with E-state index in [1.54, 1.807) is 0 Å². The average molecular weight is 133 g/mol. The van der Waals surface area contributed by atoms with Crippen LogP contribution in [0.1, 0.15) is 0 Å². The number of hydrogen-bond donors (Lipinski definition) is 1. The Morgan fingerprint density at radius 1 is 1.50 bits per heavy atom. The van der Waals surface area contributed by atoms with Gasteiger partial charge in [0.25, 0.3) is 0 Å². The minimum absolute atomic E-state index is 0.201. The summed E-state index contributed by atoms with van der Waals surface area (Å²) in [7, 11) is -2.90. The van der Waals surface area contributed by atoms with Gasteiger partial charge in [0.1, 0.15) is 5.75 Å². The van der Waals surface area contributed by atoms with Crippen LogP contribution in [-0.2, 0) is 9.84 Å². The third-order valence-corrected chi connectivity index (χ3v) is 2.29. The highest BCUT2D eigenvalue weighted by Gasteiger charge is 2.15. The molecule has 8 heavy (non-hydrogen) atoms. The number of hydrogen-bond acceptors (Lipinski definition) is 3. The van der Waals surface area contributed by atoms with Crippen molar-refractivity contribution in [3.05, 3.63) is 5.75 Å². The van der Waals surface area contributed by atoms with E-state index in [0.717, 1.165) is 0 Å². The van der Waals surface area contributed by atoms with Crippen LogP contribution in [0.25, 0.3) is 0 Å². The Balaban J connectivity index is 2.58. The van der Waals surface area contributed by atoms with E-state index in [1.807, 2.05) is 0 Å². The van der Waals surface area contributed by atoms with Crippen molar-refractivity contribution in [2.24, 2.45) is 0 Å². The lowest BCUT2D eigenvalue weighted by Crippen LogP contribution is -2.32. The van der Waals surface area contributed by atoms with Gasteiger partial charge in [-0.1, -0.05) is 0 Å². The summed E-state index contributed by atoms with van der Waals surface area (Å²) in [6, 6.07) is 0. The van der Waals surface area contributed by atoms with Crippen LogP contribution in [0, 0.1) is 5.75 Å². The fraction of sp³-hybridized carbons (Fsp3) is 0.750. The molecule has 2 radical (unpaired) electrons. The Bertz CT molecular complexity index is 149. The van der Waals surface area contributed by atoms with Crippen molar-refractivity contribution in [2.45, 2.75) is 0 Å². The van der Waals surface area contributed by atoms with Crippen LogP contribution >= 0.6 is 0 Å². The molecule has 0 aliphatic carbocycles. The zero-order valence-electron chi connectivity index (χ0n) is 4.35. The van der Waals surface area contributed by atoms with E-state index in [-0.39, 0.29) is 5.75 Å². The highest BCUT2D eigenvalue weighted by atomic mass is 32.2. The summed E-state index contributed by atoms with van der Waals surface area (Å²) >= 11 is 0. The molecule has 0 unspecified atom stereocenters. The number of rotatable bonds is 0. The minimum Gasteiger partial charge on any atom is -0.314 e. The Labute approximate surface area is 49.0 Å². The fourth-order valence-electron chi connectivity index (χ4n) is 0.528. The lowest BCUT2D eigenvalue weighted by atomic mass is 10.6. The van der Waals surface area contributed by atoms with Gasteiger partial charge in [-0.2, -0.15) is 0 Å². The zero-order valence-corrected chi connectivity index (χ0v) is 5.16. The fourth-order valence-corrected chi connectivity index (χ4v) is 1.41. The Kier molecular flexibility index (Phi) is 1.53. The lowest BCUT2D eigenvalue weighted by Gasteiger charge is -2.09. The van der Waals surface area contributed by atoms with Crippen molar-refractivity contribution in [2.75, 3.05) is 18.8 Å². The van der Waals surface area contributed by atoms with Crippen LogP contribution in [-0.4, -0.2) is 27.3 Å². The molecule has 1 fully saturated rings. The molecule has 0 atom stereocenters. The average Bonchev–Trinajstić information content (AvgIpc) is 1.65. The Hall–Kier alpha value is -0.0900. The maximum Gasteiger partial charge on any atom is 0.161 e. The molecule has 1 N–H and O–H groups in total. The maximum atomic E-state index is 10.5. The molecule has 0 saturated carbocycles. The first-order valence-electron chi connectivity index (χ1n) is 2.39. The summed E-state index contributed by atoms with van der Waals surface area (Å²) in [5.74, 6) is 2.52. The molecule has 1 rings (SSSR count). The molecule has 1 saturated heterocycles. The van der Waals surface area contributed by atoms with E-state index in [2.05, 4.69) is 11.1 Å². The smallest absolute Gasteiger partial charge is 0.161 e. The molecule has 46 valence electrons. The summed E-state index contributed by atoms with van der Waals surface area (Å²) in [6.45, 7) is 0.942. The number of nitrogens with one attached hydrogen (secondary N) is 1. The van der Waals surface area contributed by atoms with Crippen LogP contribution < -0.4 is 5.32 Å². The van der Waals surface area contributed by atoms with Gasteiger partial charge in [-0.05, 0) is 0 Å². The first kappa shape index (κ1) is 6.04. The summed E-state index contributed by atoms with van der Waals surface area (Å²) in [4.78, 5) is 0. The molecular formula is C4H7NO2S. The van der Waals surface area contributed by atoms with Crippen molar-refractivity contribution < 1.29 is 8.42 Å². The zero-order chi connectivity index (χ0) is 6.04. The van der Waals surface area contributed by atoms with Crippen molar-refractivity contribution in [1.29, 1.82) is 0 Å². The van der Waals surface area contributed by atoms with Gasteiger partial charge in [0.05, 0.1) is 5.75 Å². The minimum atomic E-state index is -2.90. The van der Waals surface area contributed by atoms with E-state index in [4.69, 9.17) is 0 Å². The van der Waals surface area contributed by atoms with Gasteiger partial charge in [0, 0.05) is 13.1 Å². The predicted molar refractivity (Wildman–Crippen MR) is 29.9 cm³/mol. The van der Waals surface area contributed by atoms with E-state index >= 15 is 0 Å². The Morgan fingerprint density at radius 2 is 2.25 bits per heavy atom. The van der Waals surface area contributed by atoms with Gasteiger partial charge in [-0.25, -0.2) is 8.42 Å². The molecule has 0 aromatic rings. The largest absolute Gasteiger partial charge is 0.314 e. The second kappa shape index (κ2) is 2.03. The van der Waals surface area contributed by atoms with Gasteiger partial charge < -0.3 is 5.32 Å². The molecule has 1 aliphatic heterocycles. The normalized spacial score (nSPS) is 27.5. The van der Waals surface area contributed by atoms with Crippen LogP contribution in [0.4, 0.5) is 0 Å². The second-order valence-corrected chi connectivity index (χ2v) is 3.57. The molecule has 1 heterocycles. The van der Waals surface area contributed by atoms with Crippen molar-refractivity contribution in [1.82, 2.24) is 5.32 Å². The topological polar surface area (TPSA) is 46.2 Å². The van der Waals surface area contributed by atoms with Gasteiger partial charge in [0.15, 0.2) is 9.84 Å². The van der Waals surface area contributed by atoms with Crippen molar-refractivity contribution >= 4 is 9.84 Å². The summed E-state index contributed by atoms with van der Waals surface area (Å²) in [6.07, 6.45) is 0. The molecule has 1 aliphatic rings. The molecule has 0 spiro atoms. The standard InChI is InChI=1S/C4H7NO2S/c6-8(7)3-1-5-2-4-8/h5H,1-3H2. The van der Waals surface area contributed by atoms with Gasteiger partial charge in [0.2, 0.25) is 0 Å². The summed E-state index contributed by atoms with van der Waals surface area (Å²) in [5, 5.41) is 2.85. The predicted octanol–water partition coefficient (Wildman–Crippen LogP) is -0.957. The monoisotopic (exact) mass is 133 g/mol. The second-order valence-electron chi connectivity index (χ2n) is 1.64. The van der Waals surface area contributed by atoms with Gasteiger partial charge in [-0.3, -0.25) is 0 Å². The molecule has 0 aromatic carbocycles. The highest BCUT2D eigenvalue weighted by Crippen LogP contribution is 1.97. The summed E-state index contributed by atoms with van der Waals surface area (Å²) < 4.78 is 21.0. The molecule has 0 amide bonds. The van der Waals surface area contributed by atoms with Crippen LogP contribution in [0.3, 0.4) is 0 Å².